The summed E-state index contributed by atoms with van der Waals surface area (Å²) >= 11 is 11.5. The Morgan fingerprint density at radius 3 is 2.69 bits per heavy atom. The van der Waals surface area contributed by atoms with Crippen LogP contribution < -0.4 is 5.32 Å². The van der Waals surface area contributed by atoms with Gasteiger partial charge in [-0.25, -0.2) is 0 Å². The van der Waals surface area contributed by atoms with Crippen molar-refractivity contribution in [2.45, 2.75) is 19.3 Å². The highest BCUT2D eigenvalue weighted by atomic mass is 35.5. The fraction of sp³-hybridized carbons (Fsp3) is 0.417. The molecular formula is C12H15Cl2NO. The Balaban J connectivity index is 2.32. The van der Waals surface area contributed by atoms with E-state index in [0.29, 0.717) is 23.9 Å². The molecule has 0 spiro atoms. The van der Waals surface area contributed by atoms with Gasteiger partial charge in [-0.2, -0.15) is 0 Å². The standard InChI is InChI=1S/C12H15Cl2NO/c13-7-3-4-8-15-12(16)9-10-5-1-2-6-11(10)14/h1-2,5-6H,3-4,7-9H2,(H,15,16). The Kier molecular flexibility index (Phi) is 6.27. The first kappa shape index (κ1) is 13.3. The maximum Gasteiger partial charge on any atom is 0.224 e. The van der Waals surface area contributed by atoms with Crippen LogP contribution >= 0.6 is 23.2 Å². The molecule has 0 aromatic heterocycles. The van der Waals surface area contributed by atoms with Crippen molar-refractivity contribution in [2.24, 2.45) is 0 Å². The highest BCUT2D eigenvalue weighted by Crippen LogP contribution is 2.15. The topological polar surface area (TPSA) is 29.1 Å². The number of amides is 1. The molecule has 2 nitrogen and oxygen atoms in total. The molecule has 1 aromatic rings. The molecular weight excluding hydrogens is 245 g/mol. The zero-order chi connectivity index (χ0) is 11.8. The second-order valence-corrected chi connectivity index (χ2v) is 4.30. The number of carbonyl (C=O) groups is 1. The van der Waals surface area contributed by atoms with Gasteiger partial charge in [-0.1, -0.05) is 29.8 Å². The number of carbonyl (C=O) groups excluding carboxylic acids is 1. The highest BCUT2D eigenvalue weighted by Gasteiger charge is 2.05. The fourth-order valence-electron chi connectivity index (χ4n) is 1.32. The molecule has 0 fully saturated rings. The lowest BCUT2D eigenvalue weighted by molar-refractivity contribution is -0.120. The number of rotatable bonds is 6. The van der Waals surface area contributed by atoms with Gasteiger partial charge in [0.25, 0.3) is 0 Å². The van der Waals surface area contributed by atoms with E-state index in [1.54, 1.807) is 6.07 Å². The molecule has 0 aliphatic heterocycles. The van der Waals surface area contributed by atoms with E-state index in [-0.39, 0.29) is 5.91 Å². The van der Waals surface area contributed by atoms with Crippen LogP contribution in [0.1, 0.15) is 18.4 Å². The zero-order valence-electron chi connectivity index (χ0n) is 9.01. The molecule has 0 heterocycles. The number of nitrogens with one attached hydrogen (secondary N) is 1. The van der Waals surface area contributed by atoms with Gasteiger partial charge in [-0.15, -0.1) is 11.6 Å². The SMILES string of the molecule is O=C(Cc1ccccc1Cl)NCCCCCl. The molecule has 1 aromatic carbocycles. The molecule has 0 bridgehead atoms. The van der Waals surface area contributed by atoms with E-state index in [2.05, 4.69) is 5.32 Å². The van der Waals surface area contributed by atoms with Crippen LogP contribution in [-0.2, 0) is 11.2 Å². The van der Waals surface area contributed by atoms with Gasteiger partial charge in [-0.05, 0) is 24.5 Å². The van der Waals surface area contributed by atoms with E-state index in [9.17, 15) is 4.79 Å². The average molecular weight is 260 g/mol. The normalized spacial score (nSPS) is 10.1. The summed E-state index contributed by atoms with van der Waals surface area (Å²) in [5, 5.41) is 3.47. The van der Waals surface area contributed by atoms with Crippen LogP contribution in [0, 0.1) is 0 Å². The predicted octanol–water partition coefficient (Wildman–Crippen LogP) is 3.02. The summed E-state index contributed by atoms with van der Waals surface area (Å²) in [4.78, 5) is 11.5. The number of hydrogen-bond acceptors (Lipinski definition) is 1. The largest absolute Gasteiger partial charge is 0.356 e. The van der Waals surface area contributed by atoms with E-state index >= 15 is 0 Å². The number of unbranched alkanes of at least 4 members (excludes halogenated alkanes) is 1. The maximum atomic E-state index is 11.5. The van der Waals surface area contributed by atoms with Crippen molar-refractivity contribution in [1.82, 2.24) is 5.32 Å². The van der Waals surface area contributed by atoms with E-state index in [4.69, 9.17) is 23.2 Å². The maximum absolute atomic E-state index is 11.5. The van der Waals surface area contributed by atoms with Crippen molar-refractivity contribution in [3.05, 3.63) is 34.9 Å². The van der Waals surface area contributed by atoms with Gasteiger partial charge in [0, 0.05) is 17.4 Å². The van der Waals surface area contributed by atoms with E-state index in [1.165, 1.54) is 0 Å². The van der Waals surface area contributed by atoms with Crippen LogP contribution in [0.3, 0.4) is 0 Å². The molecule has 0 saturated carbocycles. The molecule has 4 heteroatoms. The molecule has 0 saturated heterocycles. The van der Waals surface area contributed by atoms with Crippen LogP contribution in [-0.4, -0.2) is 18.3 Å². The van der Waals surface area contributed by atoms with Crippen LogP contribution in [0.4, 0.5) is 0 Å². The summed E-state index contributed by atoms with van der Waals surface area (Å²) in [5.74, 6) is 0.642. The van der Waals surface area contributed by atoms with Crippen molar-refractivity contribution < 1.29 is 4.79 Å². The Labute approximate surface area is 106 Å². The molecule has 88 valence electrons. The molecule has 16 heavy (non-hydrogen) atoms. The summed E-state index contributed by atoms with van der Waals surface area (Å²) in [7, 11) is 0. The summed E-state index contributed by atoms with van der Waals surface area (Å²) in [5.41, 5.74) is 0.860. The van der Waals surface area contributed by atoms with Crippen molar-refractivity contribution in [2.75, 3.05) is 12.4 Å². The lowest BCUT2D eigenvalue weighted by Crippen LogP contribution is -2.26. The first-order valence-electron chi connectivity index (χ1n) is 5.30. The molecule has 1 N–H and O–H groups in total. The number of alkyl halides is 1. The van der Waals surface area contributed by atoms with E-state index in [1.807, 2.05) is 18.2 Å². The molecule has 1 rings (SSSR count). The van der Waals surface area contributed by atoms with Crippen molar-refractivity contribution in [3.63, 3.8) is 0 Å². The smallest absolute Gasteiger partial charge is 0.224 e. The summed E-state index contributed by atoms with van der Waals surface area (Å²) in [6.45, 7) is 0.677. The van der Waals surface area contributed by atoms with Crippen molar-refractivity contribution in [3.8, 4) is 0 Å². The minimum atomic E-state index is 0.00247. The number of hydrogen-bond donors (Lipinski definition) is 1. The first-order valence-corrected chi connectivity index (χ1v) is 6.21. The van der Waals surface area contributed by atoms with Crippen LogP contribution in [0.15, 0.2) is 24.3 Å². The molecule has 0 aliphatic rings. The third-order valence-electron chi connectivity index (χ3n) is 2.19. The summed E-state index contributed by atoms with van der Waals surface area (Å²) < 4.78 is 0. The van der Waals surface area contributed by atoms with Gasteiger partial charge in [0.2, 0.25) is 5.91 Å². The van der Waals surface area contributed by atoms with E-state index < -0.39 is 0 Å². The van der Waals surface area contributed by atoms with Gasteiger partial charge in [0.1, 0.15) is 0 Å². The number of benzene rings is 1. The van der Waals surface area contributed by atoms with Crippen LogP contribution in [0.2, 0.25) is 5.02 Å². The highest BCUT2D eigenvalue weighted by molar-refractivity contribution is 6.31. The third-order valence-corrected chi connectivity index (χ3v) is 2.83. The monoisotopic (exact) mass is 259 g/mol. The summed E-state index contributed by atoms with van der Waals surface area (Å²) in [6.07, 6.45) is 2.17. The molecule has 0 aliphatic carbocycles. The lowest BCUT2D eigenvalue weighted by atomic mass is 10.1. The molecule has 0 radical (unpaired) electrons. The second-order valence-electron chi connectivity index (χ2n) is 3.51. The summed E-state index contributed by atoms with van der Waals surface area (Å²) in [6, 6.07) is 7.38. The van der Waals surface area contributed by atoms with E-state index in [0.717, 1.165) is 18.4 Å². The molecule has 1 amide bonds. The quantitative estimate of drug-likeness (QED) is 0.618. The van der Waals surface area contributed by atoms with Gasteiger partial charge < -0.3 is 5.32 Å². The molecule has 0 unspecified atom stereocenters. The predicted molar refractivity (Wildman–Crippen MR) is 68.1 cm³/mol. The van der Waals surface area contributed by atoms with Crippen LogP contribution in [0.25, 0.3) is 0 Å². The lowest BCUT2D eigenvalue weighted by Gasteiger charge is -2.05. The number of halogens is 2. The van der Waals surface area contributed by atoms with Gasteiger partial charge in [0.05, 0.1) is 6.42 Å². The molecule has 0 atom stereocenters. The Hall–Kier alpha value is -0.730. The van der Waals surface area contributed by atoms with Gasteiger partial charge in [0.15, 0.2) is 0 Å². The Morgan fingerprint density at radius 2 is 2.00 bits per heavy atom. The van der Waals surface area contributed by atoms with Gasteiger partial charge >= 0.3 is 0 Å². The minimum absolute atomic E-state index is 0.00247. The van der Waals surface area contributed by atoms with Crippen molar-refractivity contribution >= 4 is 29.1 Å². The second kappa shape index (κ2) is 7.53. The Morgan fingerprint density at radius 1 is 1.25 bits per heavy atom. The zero-order valence-corrected chi connectivity index (χ0v) is 10.5. The van der Waals surface area contributed by atoms with Crippen LogP contribution in [0.5, 0.6) is 0 Å². The average Bonchev–Trinajstić information content (AvgIpc) is 2.28. The fourth-order valence-corrected chi connectivity index (χ4v) is 1.72. The first-order chi connectivity index (χ1) is 7.74. The van der Waals surface area contributed by atoms with Crippen molar-refractivity contribution in [1.29, 1.82) is 0 Å². The minimum Gasteiger partial charge on any atom is -0.356 e. The Bertz CT molecular complexity index is 342. The third kappa shape index (κ3) is 4.86. The van der Waals surface area contributed by atoms with Gasteiger partial charge in [-0.3, -0.25) is 4.79 Å².